The molecular weight excluding hydrogens is 601 g/mol. The Balaban J connectivity index is 4.67. The van der Waals surface area contributed by atoms with E-state index < -0.39 is 51.1 Å². The molecule has 0 saturated carbocycles. The van der Waals surface area contributed by atoms with E-state index in [1.807, 2.05) is 18.2 Å². The van der Waals surface area contributed by atoms with Gasteiger partial charge in [0.15, 0.2) is 6.10 Å². The maximum Gasteiger partial charge on any atom is 0.472 e. The van der Waals surface area contributed by atoms with Crippen LogP contribution in [0, 0.1) is 0 Å². The monoisotopic (exact) mass is 657 g/mol. The molecule has 258 valence electrons. The number of phosphoric acid groups is 1. The van der Waals surface area contributed by atoms with Gasteiger partial charge in [0, 0.05) is 12.8 Å². The summed E-state index contributed by atoms with van der Waals surface area (Å²) in [5.74, 6) is -2.50. The van der Waals surface area contributed by atoms with E-state index in [1.54, 1.807) is 0 Å². The quantitative estimate of drug-likeness (QED) is 0.0324. The van der Waals surface area contributed by atoms with E-state index >= 15 is 0 Å². The zero-order chi connectivity index (χ0) is 33.6. The van der Waals surface area contributed by atoms with Crippen molar-refractivity contribution in [1.29, 1.82) is 0 Å². The average Bonchev–Trinajstić information content (AvgIpc) is 3.00. The third-order valence-corrected chi connectivity index (χ3v) is 7.31. The summed E-state index contributed by atoms with van der Waals surface area (Å²) in [5.41, 5.74) is 5.28. The van der Waals surface area contributed by atoms with Gasteiger partial charge in [0.25, 0.3) is 0 Å². The van der Waals surface area contributed by atoms with Crippen LogP contribution in [0.3, 0.4) is 0 Å². The number of hydrogen-bond donors (Lipinski definition) is 3. The van der Waals surface area contributed by atoms with Gasteiger partial charge in [-0.2, -0.15) is 0 Å². The fourth-order valence-electron chi connectivity index (χ4n) is 3.78. The van der Waals surface area contributed by atoms with Crippen molar-refractivity contribution in [2.45, 2.75) is 122 Å². The highest BCUT2D eigenvalue weighted by Crippen LogP contribution is 2.43. The van der Waals surface area contributed by atoms with Crippen LogP contribution >= 0.6 is 7.82 Å². The lowest BCUT2D eigenvalue weighted by Gasteiger charge is -2.20. The molecule has 0 aromatic carbocycles. The number of allylic oxidation sites excluding steroid dienone is 8. The van der Waals surface area contributed by atoms with Crippen molar-refractivity contribution in [2.24, 2.45) is 5.73 Å². The summed E-state index contributed by atoms with van der Waals surface area (Å²) >= 11 is 0. The Kier molecular flexibility index (Phi) is 27.2. The van der Waals surface area contributed by atoms with E-state index in [9.17, 15) is 23.8 Å². The van der Waals surface area contributed by atoms with Crippen molar-refractivity contribution in [3.63, 3.8) is 0 Å². The van der Waals surface area contributed by atoms with Crippen LogP contribution in [-0.2, 0) is 37.5 Å². The molecular formula is C33H56NO10P. The van der Waals surface area contributed by atoms with Gasteiger partial charge >= 0.3 is 25.7 Å². The zero-order valence-electron chi connectivity index (χ0n) is 27.2. The molecule has 0 saturated heterocycles. The van der Waals surface area contributed by atoms with Crippen molar-refractivity contribution < 1.29 is 47.5 Å². The third kappa shape index (κ3) is 28.6. The number of hydrogen-bond acceptors (Lipinski definition) is 9. The summed E-state index contributed by atoms with van der Waals surface area (Å²) in [6, 6.07) is -1.53. The first-order valence-corrected chi connectivity index (χ1v) is 17.7. The number of nitrogens with two attached hydrogens (primary N) is 1. The smallest absolute Gasteiger partial charge is 0.472 e. The molecule has 0 aliphatic carbocycles. The van der Waals surface area contributed by atoms with E-state index in [1.165, 1.54) is 25.7 Å². The minimum absolute atomic E-state index is 0.0394. The molecule has 3 atom stereocenters. The molecule has 11 nitrogen and oxygen atoms in total. The van der Waals surface area contributed by atoms with Gasteiger partial charge in [-0.1, -0.05) is 107 Å². The number of carboxylic acid groups (broad SMARTS) is 1. The molecule has 0 amide bonds. The van der Waals surface area contributed by atoms with Crippen LogP contribution in [0.1, 0.15) is 110 Å². The first kappa shape index (κ1) is 42.4. The van der Waals surface area contributed by atoms with Gasteiger partial charge in [-0.25, -0.2) is 4.57 Å². The lowest BCUT2D eigenvalue weighted by Crippen LogP contribution is -2.34. The summed E-state index contributed by atoms with van der Waals surface area (Å²) in [5, 5.41) is 8.81. The third-order valence-electron chi connectivity index (χ3n) is 6.35. The Labute approximate surface area is 269 Å². The van der Waals surface area contributed by atoms with Gasteiger partial charge in [-0.15, -0.1) is 0 Å². The molecule has 12 heteroatoms. The summed E-state index contributed by atoms with van der Waals surface area (Å²) in [6.45, 7) is 2.52. The highest BCUT2D eigenvalue weighted by atomic mass is 31.2. The molecule has 0 radical (unpaired) electrons. The fourth-order valence-corrected chi connectivity index (χ4v) is 4.56. The molecule has 0 aromatic rings. The van der Waals surface area contributed by atoms with E-state index in [4.69, 9.17) is 24.8 Å². The number of phosphoric ester groups is 1. The van der Waals surface area contributed by atoms with Crippen LogP contribution < -0.4 is 5.73 Å². The molecule has 0 aliphatic rings. The molecule has 0 aromatic heterocycles. The highest BCUT2D eigenvalue weighted by molar-refractivity contribution is 7.47. The molecule has 0 rings (SSSR count). The largest absolute Gasteiger partial charge is 0.480 e. The first-order chi connectivity index (χ1) is 21.6. The number of aliphatic carboxylic acids is 1. The Hall–Kier alpha value is -2.56. The minimum Gasteiger partial charge on any atom is -0.480 e. The standard InChI is InChI=1S/C33H56NO10P/c1-3-5-7-9-11-13-14-15-16-17-19-21-23-25-32(36)44-29(27-42-45(39,40)43-28-30(34)33(37)38)26-41-31(35)24-22-20-18-12-10-8-6-4-2/h5,7,11,13,15-16,19,21,29-30H,3-4,6,8-10,12,14,17-18,20,22-28,34H2,1-2H3,(H,37,38)(H,39,40)/b7-5-,13-11-,16-15-,21-19-. The summed E-state index contributed by atoms with van der Waals surface area (Å²) < 4.78 is 32.2. The fraction of sp³-hybridized carbons (Fsp3) is 0.667. The lowest BCUT2D eigenvalue weighted by atomic mass is 10.1. The van der Waals surface area contributed by atoms with Gasteiger partial charge in [0.1, 0.15) is 12.6 Å². The Bertz CT molecular complexity index is 963. The van der Waals surface area contributed by atoms with Gasteiger partial charge in [-0.05, 0) is 38.5 Å². The predicted octanol–water partition coefficient (Wildman–Crippen LogP) is 7.10. The molecule has 4 N–H and O–H groups in total. The number of rotatable bonds is 29. The first-order valence-electron chi connectivity index (χ1n) is 16.2. The van der Waals surface area contributed by atoms with Gasteiger partial charge in [0.2, 0.25) is 0 Å². The number of esters is 2. The van der Waals surface area contributed by atoms with Crippen LogP contribution in [-0.4, -0.2) is 59.9 Å². The van der Waals surface area contributed by atoms with Gasteiger partial charge in [-0.3, -0.25) is 23.4 Å². The number of unbranched alkanes of at least 4 members (excludes halogenated alkanes) is 7. The van der Waals surface area contributed by atoms with E-state index in [2.05, 4.69) is 48.8 Å². The molecule has 0 bridgehead atoms. The van der Waals surface area contributed by atoms with E-state index in [0.717, 1.165) is 44.9 Å². The molecule has 3 unspecified atom stereocenters. The Morgan fingerprint density at radius 2 is 1.24 bits per heavy atom. The van der Waals surface area contributed by atoms with Gasteiger partial charge < -0.3 is 25.2 Å². The number of carboxylic acids is 1. The topological polar surface area (TPSA) is 172 Å². The second kappa shape index (κ2) is 28.9. The van der Waals surface area contributed by atoms with Crippen LogP contribution in [0.2, 0.25) is 0 Å². The zero-order valence-corrected chi connectivity index (χ0v) is 28.1. The van der Waals surface area contributed by atoms with Crippen LogP contribution in [0.25, 0.3) is 0 Å². The molecule has 0 fully saturated rings. The van der Waals surface area contributed by atoms with E-state index in [0.29, 0.717) is 12.8 Å². The summed E-state index contributed by atoms with van der Waals surface area (Å²) in [7, 11) is -4.72. The summed E-state index contributed by atoms with van der Waals surface area (Å²) in [4.78, 5) is 45.4. The average molecular weight is 658 g/mol. The van der Waals surface area contributed by atoms with Crippen molar-refractivity contribution in [1.82, 2.24) is 0 Å². The number of carbonyl (C=O) groups is 3. The minimum atomic E-state index is -4.72. The second-order valence-electron chi connectivity index (χ2n) is 10.6. The van der Waals surface area contributed by atoms with Gasteiger partial charge in [0.05, 0.1) is 13.2 Å². The molecule has 0 aliphatic heterocycles. The molecule has 0 heterocycles. The number of ether oxygens (including phenoxy) is 2. The maximum atomic E-state index is 12.4. The molecule has 0 spiro atoms. The highest BCUT2D eigenvalue weighted by Gasteiger charge is 2.28. The Morgan fingerprint density at radius 1 is 0.711 bits per heavy atom. The molecule has 45 heavy (non-hydrogen) atoms. The van der Waals surface area contributed by atoms with Crippen molar-refractivity contribution in [3.05, 3.63) is 48.6 Å². The SMILES string of the molecule is CC/C=C\C/C=C\C/C=C\C/C=C\CCC(=O)OC(COC(=O)CCCCCCCCCC)COP(=O)(O)OCC(N)C(=O)O. The normalized spacial score (nSPS) is 14.8. The summed E-state index contributed by atoms with van der Waals surface area (Å²) in [6.07, 6.45) is 28.0. The number of carbonyl (C=O) groups excluding carboxylic acids is 2. The van der Waals surface area contributed by atoms with Crippen molar-refractivity contribution in [3.8, 4) is 0 Å². The Morgan fingerprint density at radius 3 is 1.82 bits per heavy atom. The van der Waals surface area contributed by atoms with Crippen LogP contribution in [0.4, 0.5) is 0 Å². The predicted molar refractivity (Wildman–Crippen MR) is 175 cm³/mol. The van der Waals surface area contributed by atoms with Crippen LogP contribution in [0.5, 0.6) is 0 Å². The van der Waals surface area contributed by atoms with Crippen molar-refractivity contribution in [2.75, 3.05) is 19.8 Å². The van der Waals surface area contributed by atoms with Crippen LogP contribution in [0.15, 0.2) is 48.6 Å². The maximum absolute atomic E-state index is 12.4. The van der Waals surface area contributed by atoms with E-state index in [-0.39, 0.29) is 19.4 Å². The lowest BCUT2D eigenvalue weighted by molar-refractivity contribution is -0.161. The van der Waals surface area contributed by atoms with Crippen molar-refractivity contribution >= 4 is 25.7 Å². The second-order valence-corrected chi connectivity index (χ2v) is 12.0.